The molecule has 0 saturated carbocycles. The van der Waals surface area contributed by atoms with Crippen molar-refractivity contribution in [1.82, 2.24) is 4.98 Å². The fourth-order valence-electron chi connectivity index (χ4n) is 1.58. The van der Waals surface area contributed by atoms with Crippen LogP contribution in [0.2, 0.25) is 0 Å². The van der Waals surface area contributed by atoms with Gasteiger partial charge >= 0.3 is 0 Å². The van der Waals surface area contributed by atoms with Crippen LogP contribution >= 0.6 is 15.9 Å². The number of nitrogens with zero attached hydrogens (tertiary/aromatic N) is 1. The number of hydrogen-bond acceptors (Lipinski definition) is 1. The molecule has 0 aliphatic heterocycles. The lowest BCUT2D eigenvalue weighted by Gasteiger charge is -2.10. The monoisotopic (exact) mass is 297 g/mol. The summed E-state index contributed by atoms with van der Waals surface area (Å²) in [7, 11) is 0. The van der Waals surface area contributed by atoms with E-state index in [0.717, 1.165) is 11.8 Å². The molecule has 1 atom stereocenters. The third-order valence-electron chi connectivity index (χ3n) is 2.36. The molecule has 1 heterocycles. The summed E-state index contributed by atoms with van der Waals surface area (Å²) >= 11 is 3.42. The van der Waals surface area contributed by atoms with E-state index in [-0.39, 0.29) is 4.83 Å². The average molecular weight is 298 g/mol. The van der Waals surface area contributed by atoms with Crippen LogP contribution in [0.3, 0.4) is 0 Å². The van der Waals surface area contributed by atoms with Crippen LogP contribution in [0.4, 0.5) is 8.78 Å². The molecule has 4 heteroatoms. The van der Waals surface area contributed by atoms with Crippen molar-refractivity contribution in [3.05, 3.63) is 65.5 Å². The minimum Gasteiger partial charge on any atom is -0.261 e. The van der Waals surface area contributed by atoms with Gasteiger partial charge in [-0.15, -0.1) is 0 Å². The standard InChI is InChI=1S/C13H10BrF2N/c14-13(8-12-3-1-2-4-17-12)9-5-10(15)7-11(16)6-9/h1-7,13H,8H2. The molecule has 2 aromatic rings. The number of halogens is 3. The highest BCUT2D eigenvalue weighted by Gasteiger charge is 2.11. The molecule has 88 valence electrons. The molecule has 0 fully saturated rings. The number of hydrogen-bond donors (Lipinski definition) is 0. The van der Waals surface area contributed by atoms with Crippen molar-refractivity contribution in [2.45, 2.75) is 11.2 Å². The van der Waals surface area contributed by atoms with Gasteiger partial charge in [0.15, 0.2) is 0 Å². The van der Waals surface area contributed by atoms with E-state index < -0.39 is 11.6 Å². The van der Waals surface area contributed by atoms with Crippen LogP contribution in [0.15, 0.2) is 42.6 Å². The Balaban J connectivity index is 2.17. The van der Waals surface area contributed by atoms with Gasteiger partial charge in [0.2, 0.25) is 0 Å². The third-order valence-corrected chi connectivity index (χ3v) is 3.21. The Morgan fingerprint density at radius 1 is 1.12 bits per heavy atom. The van der Waals surface area contributed by atoms with Gasteiger partial charge in [0.25, 0.3) is 0 Å². The second-order valence-corrected chi connectivity index (χ2v) is 4.80. The zero-order valence-corrected chi connectivity index (χ0v) is 10.5. The first-order chi connectivity index (χ1) is 8.15. The van der Waals surface area contributed by atoms with Crippen molar-refractivity contribution in [2.24, 2.45) is 0 Å². The molecule has 0 radical (unpaired) electrons. The number of alkyl halides is 1. The largest absolute Gasteiger partial charge is 0.261 e. The molecule has 1 unspecified atom stereocenters. The van der Waals surface area contributed by atoms with Crippen LogP contribution in [0.25, 0.3) is 0 Å². The SMILES string of the molecule is Fc1cc(F)cc(C(Br)Cc2ccccn2)c1. The molecular weight excluding hydrogens is 288 g/mol. The van der Waals surface area contributed by atoms with Crippen LogP contribution in [0.1, 0.15) is 16.1 Å². The number of rotatable bonds is 3. The number of aromatic nitrogens is 1. The molecule has 0 aliphatic carbocycles. The van der Waals surface area contributed by atoms with E-state index in [2.05, 4.69) is 20.9 Å². The Hall–Kier alpha value is -1.29. The molecule has 0 saturated heterocycles. The molecule has 1 aromatic heterocycles. The van der Waals surface area contributed by atoms with Gasteiger partial charge in [-0.3, -0.25) is 4.98 Å². The second kappa shape index (κ2) is 5.36. The Morgan fingerprint density at radius 3 is 2.41 bits per heavy atom. The molecule has 0 amide bonds. The summed E-state index contributed by atoms with van der Waals surface area (Å²) in [5, 5.41) is 0. The number of benzene rings is 1. The Bertz CT molecular complexity index is 482. The van der Waals surface area contributed by atoms with E-state index in [4.69, 9.17) is 0 Å². The molecule has 2 rings (SSSR count). The van der Waals surface area contributed by atoms with Gasteiger partial charge in [-0.25, -0.2) is 8.78 Å². The lowest BCUT2D eigenvalue weighted by atomic mass is 10.1. The fourth-order valence-corrected chi connectivity index (χ4v) is 2.17. The van der Waals surface area contributed by atoms with Crippen LogP contribution in [-0.4, -0.2) is 4.98 Å². The van der Waals surface area contributed by atoms with E-state index in [9.17, 15) is 8.78 Å². The smallest absolute Gasteiger partial charge is 0.126 e. The van der Waals surface area contributed by atoms with Crippen molar-refractivity contribution in [3.8, 4) is 0 Å². The summed E-state index contributed by atoms with van der Waals surface area (Å²) < 4.78 is 26.1. The topological polar surface area (TPSA) is 12.9 Å². The zero-order valence-electron chi connectivity index (χ0n) is 8.91. The maximum atomic E-state index is 13.1. The van der Waals surface area contributed by atoms with E-state index >= 15 is 0 Å². The second-order valence-electron chi connectivity index (χ2n) is 3.70. The maximum absolute atomic E-state index is 13.1. The minimum atomic E-state index is -0.564. The van der Waals surface area contributed by atoms with Gasteiger partial charge in [0.05, 0.1) is 0 Å². The summed E-state index contributed by atoms with van der Waals surface area (Å²) in [6, 6.07) is 9.10. The highest BCUT2D eigenvalue weighted by atomic mass is 79.9. The quantitative estimate of drug-likeness (QED) is 0.779. The van der Waals surface area contributed by atoms with Gasteiger partial charge in [0.1, 0.15) is 11.6 Å². The molecule has 17 heavy (non-hydrogen) atoms. The van der Waals surface area contributed by atoms with Crippen molar-refractivity contribution in [2.75, 3.05) is 0 Å². The predicted molar refractivity (Wildman–Crippen MR) is 66.0 cm³/mol. The van der Waals surface area contributed by atoms with E-state index in [0.29, 0.717) is 12.0 Å². The van der Waals surface area contributed by atoms with Crippen LogP contribution < -0.4 is 0 Å². The molecule has 0 bridgehead atoms. The van der Waals surface area contributed by atoms with E-state index in [1.807, 2.05) is 18.2 Å². The first-order valence-electron chi connectivity index (χ1n) is 5.15. The van der Waals surface area contributed by atoms with Crippen molar-refractivity contribution in [1.29, 1.82) is 0 Å². The summed E-state index contributed by atoms with van der Waals surface area (Å²) in [4.78, 5) is 4.02. The summed E-state index contributed by atoms with van der Waals surface area (Å²) in [5.41, 5.74) is 1.45. The van der Waals surface area contributed by atoms with E-state index in [1.165, 1.54) is 12.1 Å². The molecule has 0 spiro atoms. The lowest BCUT2D eigenvalue weighted by Crippen LogP contribution is -1.98. The Morgan fingerprint density at radius 2 is 1.82 bits per heavy atom. The Labute approximate surface area is 107 Å². The zero-order chi connectivity index (χ0) is 12.3. The molecule has 0 N–H and O–H groups in total. The molecule has 1 aromatic carbocycles. The van der Waals surface area contributed by atoms with Crippen molar-refractivity contribution < 1.29 is 8.78 Å². The highest BCUT2D eigenvalue weighted by Crippen LogP contribution is 2.27. The first-order valence-corrected chi connectivity index (χ1v) is 6.06. The van der Waals surface area contributed by atoms with Gasteiger partial charge in [-0.1, -0.05) is 22.0 Å². The maximum Gasteiger partial charge on any atom is 0.126 e. The van der Waals surface area contributed by atoms with E-state index in [1.54, 1.807) is 6.20 Å². The number of pyridine rings is 1. The van der Waals surface area contributed by atoms with Gasteiger partial charge in [-0.2, -0.15) is 0 Å². The predicted octanol–water partition coefficient (Wildman–Crippen LogP) is 4.04. The van der Waals surface area contributed by atoms with Gasteiger partial charge in [0, 0.05) is 29.2 Å². The summed E-state index contributed by atoms with van der Waals surface area (Å²) in [6.07, 6.45) is 2.28. The average Bonchev–Trinajstić information content (AvgIpc) is 2.29. The van der Waals surface area contributed by atoms with Gasteiger partial charge < -0.3 is 0 Å². The summed E-state index contributed by atoms with van der Waals surface area (Å²) in [5.74, 6) is -1.13. The molecule has 1 nitrogen and oxygen atoms in total. The fraction of sp³-hybridized carbons (Fsp3) is 0.154. The normalized spacial score (nSPS) is 12.4. The van der Waals surface area contributed by atoms with Crippen LogP contribution in [0, 0.1) is 11.6 Å². The van der Waals surface area contributed by atoms with Gasteiger partial charge in [-0.05, 0) is 29.8 Å². The highest BCUT2D eigenvalue weighted by molar-refractivity contribution is 9.09. The molecular formula is C13H10BrF2N. The van der Waals surface area contributed by atoms with Crippen molar-refractivity contribution in [3.63, 3.8) is 0 Å². The Kier molecular flexibility index (Phi) is 3.84. The third kappa shape index (κ3) is 3.33. The van der Waals surface area contributed by atoms with Crippen molar-refractivity contribution >= 4 is 15.9 Å². The minimum absolute atomic E-state index is 0.150. The lowest BCUT2D eigenvalue weighted by molar-refractivity contribution is 0.579. The van der Waals surface area contributed by atoms with Crippen LogP contribution in [-0.2, 0) is 6.42 Å². The molecule has 0 aliphatic rings. The van der Waals surface area contributed by atoms with Crippen LogP contribution in [0.5, 0.6) is 0 Å². The summed E-state index contributed by atoms with van der Waals surface area (Å²) in [6.45, 7) is 0. The first kappa shape index (κ1) is 12.2.